The Morgan fingerprint density at radius 2 is 1.41 bits per heavy atom. The second kappa shape index (κ2) is 7.14. The van der Waals surface area contributed by atoms with Crippen molar-refractivity contribution in [1.29, 1.82) is 0 Å². The SMILES string of the molecule is Cc1cc(C)c(C)c(S(=O)(=O)Nc2cc(S(=O)(=O)N(C)C)ccc2O)c1C. The van der Waals surface area contributed by atoms with Crippen LogP contribution in [0.15, 0.2) is 34.1 Å². The number of rotatable bonds is 5. The number of benzene rings is 2. The van der Waals surface area contributed by atoms with Crippen LogP contribution in [-0.2, 0) is 20.0 Å². The van der Waals surface area contributed by atoms with Crippen molar-refractivity contribution in [1.82, 2.24) is 4.31 Å². The number of aromatic hydroxyl groups is 1. The number of anilines is 1. The predicted octanol–water partition coefficient (Wildman–Crippen LogP) is 2.68. The molecule has 0 aromatic heterocycles. The van der Waals surface area contributed by atoms with Gasteiger partial charge in [0.25, 0.3) is 10.0 Å². The van der Waals surface area contributed by atoms with E-state index in [1.54, 1.807) is 13.8 Å². The molecule has 0 aliphatic rings. The van der Waals surface area contributed by atoms with Crippen LogP contribution in [-0.4, -0.2) is 40.3 Å². The molecule has 0 spiro atoms. The maximum atomic E-state index is 13.0. The van der Waals surface area contributed by atoms with E-state index in [1.807, 2.05) is 19.9 Å². The Kier molecular flexibility index (Phi) is 5.61. The van der Waals surface area contributed by atoms with Gasteiger partial charge in [-0.3, -0.25) is 4.72 Å². The van der Waals surface area contributed by atoms with Crippen LogP contribution >= 0.6 is 0 Å². The lowest BCUT2D eigenvalue weighted by Crippen LogP contribution is -2.22. The van der Waals surface area contributed by atoms with Crippen LogP contribution in [0.1, 0.15) is 22.3 Å². The van der Waals surface area contributed by atoms with Gasteiger partial charge in [0, 0.05) is 14.1 Å². The number of phenolic OH excluding ortho intramolecular Hbond substituents is 1. The van der Waals surface area contributed by atoms with Crippen molar-refractivity contribution >= 4 is 25.7 Å². The molecule has 9 heteroatoms. The van der Waals surface area contributed by atoms with Gasteiger partial charge in [0.2, 0.25) is 10.0 Å². The number of sulfonamides is 2. The quantitative estimate of drug-likeness (QED) is 0.735. The third-order valence-electron chi connectivity index (χ3n) is 4.56. The first-order valence-corrected chi connectivity index (χ1v) is 11.1. The summed E-state index contributed by atoms with van der Waals surface area (Å²) in [7, 11) is -5.08. The predicted molar refractivity (Wildman–Crippen MR) is 105 cm³/mol. The van der Waals surface area contributed by atoms with Crippen molar-refractivity contribution in [2.24, 2.45) is 0 Å². The van der Waals surface area contributed by atoms with Crippen molar-refractivity contribution in [3.05, 3.63) is 46.5 Å². The van der Waals surface area contributed by atoms with Gasteiger partial charge < -0.3 is 5.11 Å². The summed E-state index contributed by atoms with van der Waals surface area (Å²) >= 11 is 0. The summed E-state index contributed by atoms with van der Waals surface area (Å²) in [4.78, 5) is -0.00265. The van der Waals surface area contributed by atoms with Crippen LogP contribution in [0.25, 0.3) is 0 Å². The van der Waals surface area contributed by atoms with E-state index in [-0.39, 0.29) is 21.2 Å². The van der Waals surface area contributed by atoms with E-state index in [1.165, 1.54) is 20.2 Å². The van der Waals surface area contributed by atoms with Crippen LogP contribution < -0.4 is 4.72 Å². The standard InChI is InChI=1S/C18H24N2O5S2/c1-11-9-12(2)14(4)18(13(11)3)26(22,23)19-16-10-15(7-8-17(16)21)27(24,25)20(5)6/h7-10,19,21H,1-6H3. The molecular formula is C18H24N2O5S2. The Morgan fingerprint density at radius 1 is 0.889 bits per heavy atom. The highest BCUT2D eigenvalue weighted by molar-refractivity contribution is 7.92. The minimum atomic E-state index is -4.04. The van der Waals surface area contributed by atoms with Crippen LogP contribution in [0.2, 0.25) is 0 Å². The minimum absolute atomic E-state index is 0.125. The average molecular weight is 413 g/mol. The van der Waals surface area contributed by atoms with Crippen molar-refractivity contribution < 1.29 is 21.9 Å². The van der Waals surface area contributed by atoms with E-state index in [9.17, 15) is 21.9 Å². The zero-order chi connectivity index (χ0) is 20.7. The molecule has 0 amide bonds. The van der Waals surface area contributed by atoms with Crippen molar-refractivity contribution in [2.75, 3.05) is 18.8 Å². The smallest absolute Gasteiger partial charge is 0.262 e. The lowest BCUT2D eigenvalue weighted by molar-refractivity contribution is 0.476. The lowest BCUT2D eigenvalue weighted by atomic mass is 10.0. The first kappa shape index (κ1) is 21.2. The molecule has 0 heterocycles. The summed E-state index contributed by atoms with van der Waals surface area (Å²) in [5.41, 5.74) is 2.65. The number of hydrogen-bond donors (Lipinski definition) is 2. The number of nitrogens with zero attached hydrogens (tertiary/aromatic N) is 1. The first-order valence-electron chi connectivity index (χ1n) is 8.15. The minimum Gasteiger partial charge on any atom is -0.506 e. The number of aryl methyl sites for hydroxylation is 2. The van der Waals surface area contributed by atoms with Gasteiger partial charge in [-0.1, -0.05) is 6.07 Å². The maximum absolute atomic E-state index is 13.0. The van der Waals surface area contributed by atoms with E-state index >= 15 is 0 Å². The molecule has 0 radical (unpaired) electrons. The molecule has 148 valence electrons. The fourth-order valence-electron chi connectivity index (χ4n) is 2.75. The molecule has 0 aliphatic carbocycles. The van der Waals surface area contributed by atoms with Crippen LogP contribution in [0.4, 0.5) is 5.69 Å². The van der Waals surface area contributed by atoms with E-state index in [0.29, 0.717) is 11.1 Å². The van der Waals surface area contributed by atoms with E-state index < -0.39 is 20.0 Å². The topological polar surface area (TPSA) is 104 Å². The Hall–Kier alpha value is -2.10. The molecule has 2 aromatic rings. The molecule has 0 fully saturated rings. The summed E-state index contributed by atoms with van der Waals surface area (Å²) in [6.07, 6.45) is 0. The lowest BCUT2D eigenvalue weighted by Gasteiger charge is -2.18. The van der Waals surface area contributed by atoms with E-state index in [0.717, 1.165) is 27.6 Å². The van der Waals surface area contributed by atoms with Gasteiger partial charge in [0.05, 0.1) is 15.5 Å². The van der Waals surface area contributed by atoms with Gasteiger partial charge in [-0.15, -0.1) is 0 Å². The highest BCUT2D eigenvalue weighted by Gasteiger charge is 2.25. The zero-order valence-corrected chi connectivity index (χ0v) is 17.8. The second-order valence-corrected chi connectivity index (χ2v) is 10.4. The molecule has 0 bridgehead atoms. The molecule has 2 rings (SSSR count). The third-order valence-corrected chi connectivity index (χ3v) is 8.01. The summed E-state index contributed by atoms with van der Waals surface area (Å²) in [5, 5.41) is 10.1. The fourth-order valence-corrected chi connectivity index (χ4v) is 5.36. The van der Waals surface area contributed by atoms with Gasteiger partial charge in [0.15, 0.2) is 0 Å². The molecule has 7 nitrogen and oxygen atoms in total. The summed E-state index contributed by atoms with van der Waals surface area (Å²) in [5.74, 6) is -0.365. The Bertz CT molecular complexity index is 1080. The Balaban J connectivity index is 2.61. The maximum Gasteiger partial charge on any atom is 0.262 e. The van der Waals surface area contributed by atoms with Gasteiger partial charge in [-0.05, 0) is 68.1 Å². The Labute approximate surface area is 160 Å². The molecule has 0 aliphatic heterocycles. The van der Waals surface area contributed by atoms with E-state index in [4.69, 9.17) is 0 Å². The summed E-state index contributed by atoms with van der Waals surface area (Å²) in [6, 6.07) is 5.38. The Morgan fingerprint density at radius 3 is 1.89 bits per heavy atom. The second-order valence-electron chi connectivity index (χ2n) is 6.66. The van der Waals surface area contributed by atoms with Crippen LogP contribution in [0.3, 0.4) is 0 Å². The summed E-state index contributed by atoms with van der Waals surface area (Å²) in [6.45, 7) is 7.07. The average Bonchev–Trinajstić information content (AvgIpc) is 2.54. The molecule has 27 heavy (non-hydrogen) atoms. The normalized spacial score (nSPS) is 12.4. The highest BCUT2D eigenvalue weighted by Crippen LogP contribution is 2.32. The van der Waals surface area contributed by atoms with Crippen molar-refractivity contribution in [3.63, 3.8) is 0 Å². The molecule has 0 atom stereocenters. The van der Waals surface area contributed by atoms with Crippen molar-refractivity contribution in [3.8, 4) is 5.75 Å². The van der Waals surface area contributed by atoms with E-state index in [2.05, 4.69) is 4.72 Å². The molecule has 0 saturated heterocycles. The zero-order valence-electron chi connectivity index (χ0n) is 16.2. The summed E-state index contributed by atoms with van der Waals surface area (Å²) < 4.78 is 54.0. The molecular weight excluding hydrogens is 388 g/mol. The van der Waals surface area contributed by atoms with Crippen molar-refractivity contribution in [2.45, 2.75) is 37.5 Å². The monoisotopic (exact) mass is 412 g/mol. The first-order chi connectivity index (χ1) is 12.3. The number of phenols is 1. The van der Waals surface area contributed by atoms with Gasteiger partial charge in [-0.25, -0.2) is 21.1 Å². The van der Waals surface area contributed by atoms with Gasteiger partial charge >= 0.3 is 0 Å². The molecule has 0 unspecified atom stereocenters. The van der Waals surface area contributed by atoms with Gasteiger partial charge in [0.1, 0.15) is 5.75 Å². The molecule has 2 N–H and O–H groups in total. The fraction of sp³-hybridized carbons (Fsp3) is 0.333. The highest BCUT2D eigenvalue weighted by atomic mass is 32.2. The molecule has 2 aromatic carbocycles. The van der Waals surface area contributed by atoms with Crippen LogP contribution in [0, 0.1) is 27.7 Å². The largest absolute Gasteiger partial charge is 0.506 e. The number of nitrogens with one attached hydrogen (secondary N) is 1. The number of hydrogen-bond acceptors (Lipinski definition) is 5. The third kappa shape index (κ3) is 3.95. The molecule has 0 saturated carbocycles. The van der Waals surface area contributed by atoms with Gasteiger partial charge in [-0.2, -0.15) is 0 Å². The van der Waals surface area contributed by atoms with Crippen LogP contribution in [0.5, 0.6) is 5.75 Å².